The second kappa shape index (κ2) is 12.3. The molecule has 6 rings (SSSR count). The molecule has 3 aliphatic heterocycles. The summed E-state index contributed by atoms with van der Waals surface area (Å²) >= 11 is 7.82. The molecule has 2 amide bonds. The molecule has 16 heteroatoms. The average Bonchev–Trinajstić information content (AvgIpc) is 3.76. The lowest BCUT2D eigenvalue weighted by Gasteiger charge is -2.38. The topological polar surface area (TPSA) is 154 Å². The van der Waals surface area contributed by atoms with Crippen LogP contribution < -0.4 is 10.2 Å². The zero-order valence-corrected chi connectivity index (χ0v) is 25.0. The zero-order valence-electron chi connectivity index (χ0n) is 23.4. The molecule has 2 aromatic heterocycles. The summed E-state index contributed by atoms with van der Waals surface area (Å²) in [6.07, 6.45) is 3.16. The molecule has 5 heterocycles. The minimum atomic E-state index is -0.951. The summed E-state index contributed by atoms with van der Waals surface area (Å²) in [5.74, 6) is -1.24. The van der Waals surface area contributed by atoms with E-state index in [-0.39, 0.29) is 41.5 Å². The van der Waals surface area contributed by atoms with E-state index < -0.39 is 23.8 Å². The maximum atomic E-state index is 13.9. The van der Waals surface area contributed by atoms with E-state index in [1.165, 1.54) is 47.7 Å². The van der Waals surface area contributed by atoms with Gasteiger partial charge in [-0.05, 0) is 12.1 Å². The maximum absolute atomic E-state index is 13.9. The van der Waals surface area contributed by atoms with Crippen molar-refractivity contribution in [3.05, 3.63) is 74.4 Å². The number of carbonyl (C=O) groups excluding carboxylic acids is 2. The number of hydrogen-bond acceptors (Lipinski definition) is 11. The number of carbonyl (C=O) groups is 3. The first-order chi connectivity index (χ1) is 21.2. The molecule has 0 aliphatic carbocycles. The van der Waals surface area contributed by atoms with Crippen LogP contribution in [0.5, 0.6) is 0 Å². The normalized spacial score (nSPS) is 20.4. The summed E-state index contributed by atoms with van der Waals surface area (Å²) in [7, 11) is 1.28. The van der Waals surface area contributed by atoms with Crippen molar-refractivity contribution >= 4 is 52.8 Å². The fourth-order valence-electron chi connectivity index (χ4n) is 5.53. The van der Waals surface area contributed by atoms with E-state index in [0.717, 1.165) is 0 Å². The van der Waals surface area contributed by atoms with Crippen molar-refractivity contribution in [2.75, 3.05) is 44.7 Å². The number of aliphatic imine (C=N–C) groups is 1. The molecule has 2 fully saturated rings. The number of ether oxygens (including phenoxy) is 1. The van der Waals surface area contributed by atoms with Crippen molar-refractivity contribution in [2.24, 2.45) is 4.99 Å². The predicted molar refractivity (Wildman–Crippen MR) is 157 cm³/mol. The third kappa shape index (κ3) is 5.89. The number of aliphatic carboxylic acids is 1. The van der Waals surface area contributed by atoms with Gasteiger partial charge in [0.1, 0.15) is 17.6 Å². The van der Waals surface area contributed by atoms with Gasteiger partial charge in [-0.3, -0.25) is 14.7 Å². The average molecular weight is 644 g/mol. The molecule has 0 radical (unpaired) electrons. The second-order valence-electron chi connectivity index (χ2n) is 10.4. The SMILES string of the molecule is COC(=O)C1=C(CN2CCN3C(=O)N(c4ncc(CCC(=O)O)o4)C[C@@H]3C2)NC(c2nccs2)=N[C@H]1c1ccc(F)cc1Cl. The first-order valence-corrected chi connectivity index (χ1v) is 15.0. The van der Waals surface area contributed by atoms with E-state index in [0.29, 0.717) is 60.6 Å². The number of halogens is 2. The maximum Gasteiger partial charge on any atom is 0.338 e. The van der Waals surface area contributed by atoms with Gasteiger partial charge in [0.2, 0.25) is 0 Å². The molecule has 0 bridgehead atoms. The summed E-state index contributed by atoms with van der Waals surface area (Å²) in [4.78, 5) is 56.0. The lowest BCUT2D eigenvalue weighted by Crippen LogP contribution is -2.53. The number of anilines is 1. The van der Waals surface area contributed by atoms with Crippen LogP contribution in [0.4, 0.5) is 15.2 Å². The van der Waals surface area contributed by atoms with Gasteiger partial charge in [-0.2, -0.15) is 0 Å². The number of rotatable bonds is 9. The number of thiazole rings is 1. The van der Waals surface area contributed by atoms with Gasteiger partial charge in [0, 0.05) is 60.5 Å². The van der Waals surface area contributed by atoms with Gasteiger partial charge in [-0.25, -0.2) is 28.8 Å². The lowest BCUT2D eigenvalue weighted by molar-refractivity contribution is -0.137. The number of nitrogens with zero attached hydrogens (tertiary/aromatic N) is 6. The zero-order chi connectivity index (χ0) is 31.0. The van der Waals surface area contributed by atoms with Crippen molar-refractivity contribution < 1.29 is 33.0 Å². The standard InChI is InChI=1S/C28H27ClFN7O6S/c1-42-26(40)22-20(33-24(25-31-6-9-44-25)34-23(22)18-4-2-15(30)10-19(18)29)14-35-7-8-36-16(12-35)13-37(28(36)41)27-32-11-17(43-27)3-5-21(38)39/h2,4,6,9-11,16,23H,3,5,7-8,12-14H2,1H3,(H,33,34)(H,38,39)/t16-,23-/m0/s1. The number of urea groups is 1. The summed E-state index contributed by atoms with van der Waals surface area (Å²) < 4.78 is 24.8. The van der Waals surface area contributed by atoms with Crippen molar-refractivity contribution in [3.8, 4) is 0 Å². The van der Waals surface area contributed by atoms with Gasteiger partial charge in [0.25, 0.3) is 0 Å². The van der Waals surface area contributed by atoms with Crippen LogP contribution >= 0.6 is 22.9 Å². The minimum Gasteiger partial charge on any atom is -0.481 e. The molecule has 44 heavy (non-hydrogen) atoms. The van der Waals surface area contributed by atoms with Gasteiger partial charge < -0.3 is 24.5 Å². The Balaban J connectivity index is 1.25. The number of esters is 1. The number of nitrogens with one attached hydrogen (secondary N) is 1. The summed E-state index contributed by atoms with van der Waals surface area (Å²) in [6.45, 7) is 2.04. The Bertz CT molecular complexity index is 1660. The molecule has 2 N–H and O–H groups in total. The molecule has 0 unspecified atom stereocenters. The number of amides is 2. The van der Waals surface area contributed by atoms with Gasteiger partial charge in [-0.1, -0.05) is 17.7 Å². The number of carboxylic acid groups (broad SMARTS) is 1. The van der Waals surface area contributed by atoms with Crippen molar-refractivity contribution in [1.29, 1.82) is 0 Å². The Morgan fingerprint density at radius 2 is 2.11 bits per heavy atom. The van der Waals surface area contributed by atoms with Crippen LogP contribution in [-0.4, -0.2) is 94.6 Å². The number of aryl methyl sites for hydroxylation is 1. The van der Waals surface area contributed by atoms with Gasteiger partial charge in [0.05, 0.1) is 37.9 Å². The van der Waals surface area contributed by atoms with E-state index in [4.69, 9.17) is 30.9 Å². The Kier molecular flexibility index (Phi) is 8.33. The molecule has 13 nitrogen and oxygen atoms in total. The Morgan fingerprint density at radius 3 is 2.84 bits per heavy atom. The van der Waals surface area contributed by atoms with E-state index in [2.05, 4.69) is 20.2 Å². The number of methoxy groups -OCH3 is 1. The van der Waals surface area contributed by atoms with Crippen molar-refractivity contribution in [1.82, 2.24) is 25.1 Å². The van der Waals surface area contributed by atoms with E-state index in [1.54, 1.807) is 11.1 Å². The second-order valence-corrected chi connectivity index (χ2v) is 11.7. The summed E-state index contributed by atoms with van der Waals surface area (Å²) in [5.41, 5.74) is 1.21. The number of fused-ring (bicyclic) bond motifs is 1. The number of benzene rings is 1. The molecule has 2 atom stereocenters. The predicted octanol–water partition coefficient (Wildman–Crippen LogP) is 3.09. The summed E-state index contributed by atoms with van der Waals surface area (Å²) in [6, 6.07) is 2.77. The molecular formula is C28H27ClFN7O6S. The smallest absolute Gasteiger partial charge is 0.338 e. The highest BCUT2D eigenvalue weighted by Gasteiger charge is 2.44. The molecule has 1 aromatic carbocycles. The number of oxazole rings is 1. The molecule has 0 saturated carbocycles. The third-order valence-corrected chi connectivity index (χ3v) is 8.71. The third-order valence-electron chi connectivity index (χ3n) is 7.60. The first kappa shape index (κ1) is 29.7. The highest BCUT2D eigenvalue weighted by Crippen LogP contribution is 2.37. The van der Waals surface area contributed by atoms with Gasteiger partial charge in [0.15, 0.2) is 10.8 Å². The number of carboxylic acids is 1. The fraction of sp³-hybridized carbons (Fsp3) is 0.357. The monoisotopic (exact) mass is 643 g/mol. The van der Waals surface area contributed by atoms with Crippen LogP contribution in [0.2, 0.25) is 5.02 Å². The number of hydrogen-bond donors (Lipinski definition) is 2. The van der Waals surface area contributed by atoms with Crippen molar-refractivity contribution in [2.45, 2.75) is 24.9 Å². The summed E-state index contributed by atoms with van der Waals surface area (Å²) in [5, 5.41) is 14.8. The first-order valence-electron chi connectivity index (χ1n) is 13.7. The van der Waals surface area contributed by atoms with Gasteiger partial charge in [-0.15, -0.1) is 11.3 Å². The van der Waals surface area contributed by atoms with Crippen LogP contribution in [0.1, 0.15) is 28.8 Å². The molecule has 230 valence electrons. The van der Waals surface area contributed by atoms with Crippen LogP contribution in [0.3, 0.4) is 0 Å². The highest BCUT2D eigenvalue weighted by molar-refractivity contribution is 7.11. The van der Waals surface area contributed by atoms with E-state index in [9.17, 15) is 18.8 Å². The van der Waals surface area contributed by atoms with Crippen LogP contribution in [0, 0.1) is 5.82 Å². The molecule has 3 aliphatic rings. The lowest BCUT2D eigenvalue weighted by atomic mass is 9.95. The Labute approximate surface area is 259 Å². The van der Waals surface area contributed by atoms with E-state index >= 15 is 0 Å². The Morgan fingerprint density at radius 1 is 1.27 bits per heavy atom. The van der Waals surface area contributed by atoms with Gasteiger partial charge >= 0.3 is 24.0 Å². The fourth-order valence-corrected chi connectivity index (χ4v) is 6.39. The molecule has 0 spiro atoms. The van der Waals surface area contributed by atoms with Crippen LogP contribution in [-0.2, 0) is 20.7 Å². The molecular weight excluding hydrogens is 617 g/mol. The number of piperazine rings is 1. The van der Waals surface area contributed by atoms with Crippen molar-refractivity contribution in [3.63, 3.8) is 0 Å². The molecule has 3 aromatic rings. The molecule has 2 saturated heterocycles. The largest absolute Gasteiger partial charge is 0.481 e. The van der Waals surface area contributed by atoms with Crippen LogP contribution in [0.15, 0.2) is 56.7 Å². The van der Waals surface area contributed by atoms with E-state index in [1.807, 2.05) is 5.38 Å². The highest BCUT2D eigenvalue weighted by atomic mass is 35.5. The number of amidine groups is 1. The number of aromatic nitrogens is 2. The quantitative estimate of drug-likeness (QED) is 0.333. The van der Waals surface area contributed by atoms with Crippen LogP contribution in [0.25, 0.3) is 0 Å². The Hall–Kier alpha value is -4.34. The minimum absolute atomic E-state index is 0.104.